The molecule has 1 atom stereocenters. The molecule has 0 saturated carbocycles. The van der Waals surface area contributed by atoms with Gasteiger partial charge in [0, 0.05) is 18.0 Å². The third-order valence-electron chi connectivity index (χ3n) is 3.68. The van der Waals surface area contributed by atoms with Crippen molar-refractivity contribution in [1.29, 1.82) is 0 Å². The minimum atomic E-state index is -4.33. The summed E-state index contributed by atoms with van der Waals surface area (Å²) in [5, 5.41) is 12.1. The normalized spacial score (nSPS) is 12.6. The van der Waals surface area contributed by atoms with E-state index in [1.54, 1.807) is 12.4 Å². The predicted octanol–water partition coefficient (Wildman–Crippen LogP) is 2.91. The van der Waals surface area contributed by atoms with E-state index in [9.17, 15) is 23.1 Å². The Kier molecular flexibility index (Phi) is 6.52. The average molecular weight is 352 g/mol. The summed E-state index contributed by atoms with van der Waals surface area (Å²) in [5.41, 5.74) is 1.19. The molecule has 1 aromatic carbocycles. The van der Waals surface area contributed by atoms with Crippen molar-refractivity contribution in [1.82, 2.24) is 10.3 Å². The zero-order chi connectivity index (χ0) is 18.3. The van der Waals surface area contributed by atoms with Gasteiger partial charge in [0.1, 0.15) is 0 Å². The van der Waals surface area contributed by atoms with Crippen LogP contribution in [0.4, 0.5) is 13.2 Å². The number of aliphatic hydroxyl groups excluding tert-OH is 1. The lowest BCUT2D eigenvalue weighted by molar-refractivity contribution is -0.127. The molecule has 7 heteroatoms. The maximum absolute atomic E-state index is 12.5. The number of halogens is 3. The molecule has 0 saturated heterocycles. The molecule has 0 radical (unpaired) electrons. The number of amides is 1. The Bertz CT molecular complexity index is 690. The molecule has 0 aliphatic carbocycles. The van der Waals surface area contributed by atoms with Gasteiger partial charge in [0.05, 0.1) is 19.1 Å². The van der Waals surface area contributed by atoms with E-state index in [0.29, 0.717) is 12.8 Å². The minimum Gasteiger partial charge on any atom is -0.394 e. The van der Waals surface area contributed by atoms with Gasteiger partial charge < -0.3 is 10.4 Å². The van der Waals surface area contributed by atoms with Crippen molar-refractivity contribution in [3.8, 4) is 0 Å². The Morgan fingerprint density at radius 1 is 1.16 bits per heavy atom. The van der Waals surface area contributed by atoms with Crippen molar-refractivity contribution in [2.24, 2.45) is 0 Å². The predicted molar refractivity (Wildman–Crippen MR) is 87.1 cm³/mol. The van der Waals surface area contributed by atoms with E-state index in [2.05, 4.69) is 10.3 Å². The molecule has 2 rings (SSSR count). The zero-order valence-corrected chi connectivity index (χ0v) is 13.5. The van der Waals surface area contributed by atoms with Crippen LogP contribution in [0.15, 0.2) is 48.8 Å². The maximum atomic E-state index is 12.5. The van der Waals surface area contributed by atoms with Gasteiger partial charge in [0.15, 0.2) is 0 Å². The van der Waals surface area contributed by atoms with Crippen LogP contribution in [0.1, 0.15) is 27.9 Å². The minimum absolute atomic E-state index is 0.0254. The molecule has 0 spiro atoms. The van der Waals surface area contributed by atoms with Crippen LogP contribution in [0.5, 0.6) is 0 Å². The number of carbonyl (C=O) groups is 1. The number of aryl methyl sites for hydroxylation is 1. The van der Waals surface area contributed by atoms with Gasteiger partial charge in [-0.05, 0) is 48.2 Å². The van der Waals surface area contributed by atoms with Gasteiger partial charge in [0.2, 0.25) is 0 Å². The molecule has 0 fully saturated rings. The molecular weight excluding hydrogens is 333 g/mol. The fourth-order valence-corrected chi connectivity index (χ4v) is 2.42. The van der Waals surface area contributed by atoms with Crippen LogP contribution < -0.4 is 5.32 Å². The van der Waals surface area contributed by atoms with E-state index in [1.165, 1.54) is 24.3 Å². The van der Waals surface area contributed by atoms with Crippen LogP contribution in [-0.4, -0.2) is 34.8 Å². The van der Waals surface area contributed by atoms with E-state index in [1.807, 2.05) is 12.1 Å². The van der Waals surface area contributed by atoms with Crippen molar-refractivity contribution in [2.75, 3.05) is 6.61 Å². The third-order valence-corrected chi connectivity index (χ3v) is 3.68. The number of rotatable bonds is 7. The van der Waals surface area contributed by atoms with E-state index in [4.69, 9.17) is 0 Å². The largest absolute Gasteiger partial charge is 0.394 e. The number of alkyl halides is 3. The summed E-state index contributed by atoms with van der Waals surface area (Å²) < 4.78 is 37.4. The van der Waals surface area contributed by atoms with Gasteiger partial charge >= 0.3 is 6.18 Å². The second kappa shape index (κ2) is 8.62. The third kappa shape index (κ3) is 6.54. The lowest BCUT2D eigenvalue weighted by atomic mass is 10.0. The van der Waals surface area contributed by atoms with E-state index in [0.717, 1.165) is 5.56 Å². The smallest absolute Gasteiger partial charge is 0.393 e. The summed E-state index contributed by atoms with van der Waals surface area (Å²) in [6.45, 7) is -0.251. The first-order chi connectivity index (χ1) is 11.9. The number of nitrogens with one attached hydrogen (secondary N) is 1. The Morgan fingerprint density at radius 2 is 1.88 bits per heavy atom. The summed E-state index contributed by atoms with van der Waals surface area (Å²) in [6.07, 6.45) is -0.939. The molecule has 0 bridgehead atoms. The highest BCUT2D eigenvalue weighted by molar-refractivity contribution is 5.94. The second-order valence-electron chi connectivity index (χ2n) is 5.74. The van der Waals surface area contributed by atoms with E-state index in [-0.39, 0.29) is 17.7 Å². The number of pyridine rings is 1. The molecule has 25 heavy (non-hydrogen) atoms. The summed E-state index contributed by atoms with van der Waals surface area (Å²) in [4.78, 5) is 16.1. The standard InChI is InChI=1S/C18H19F3N2O2/c19-18(20,21)11-14-2-1-3-15(10-14)17(25)23-16(12-24)5-4-13-6-8-22-9-7-13/h1-3,6-10,16,24H,4-5,11-12H2,(H,23,25). The Morgan fingerprint density at radius 3 is 2.52 bits per heavy atom. The quantitative estimate of drug-likeness (QED) is 0.805. The van der Waals surface area contributed by atoms with Crippen LogP contribution in [0, 0.1) is 0 Å². The fraction of sp³-hybridized carbons (Fsp3) is 0.333. The van der Waals surface area contributed by atoms with E-state index >= 15 is 0 Å². The first-order valence-corrected chi connectivity index (χ1v) is 7.83. The number of hydrogen-bond acceptors (Lipinski definition) is 3. The topological polar surface area (TPSA) is 62.2 Å². The highest BCUT2D eigenvalue weighted by Crippen LogP contribution is 2.21. The molecule has 0 aliphatic rings. The first-order valence-electron chi connectivity index (χ1n) is 7.83. The van der Waals surface area contributed by atoms with Crippen molar-refractivity contribution in [3.05, 3.63) is 65.5 Å². The molecule has 4 nitrogen and oxygen atoms in total. The molecular formula is C18H19F3N2O2. The fourth-order valence-electron chi connectivity index (χ4n) is 2.42. The molecule has 1 aromatic heterocycles. The Hall–Kier alpha value is -2.41. The maximum Gasteiger partial charge on any atom is 0.393 e. The lowest BCUT2D eigenvalue weighted by Crippen LogP contribution is -2.37. The number of benzene rings is 1. The monoisotopic (exact) mass is 352 g/mol. The summed E-state index contributed by atoms with van der Waals surface area (Å²) in [7, 11) is 0. The number of nitrogens with zero attached hydrogens (tertiary/aromatic N) is 1. The second-order valence-corrected chi connectivity index (χ2v) is 5.74. The van der Waals surface area contributed by atoms with Crippen LogP contribution in [-0.2, 0) is 12.8 Å². The van der Waals surface area contributed by atoms with E-state index < -0.39 is 24.5 Å². The van der Waals surface area contributed by atoms with Gasteiger partial charge in [-0.3, -0.25) is 9.78 Å². The van der Waals surface area contributed by atoms with Gasteiger partial charge in [-0.25, -0.2) is 0 Å². The van der Waals surface area contributed by atoms with Crippen LogP contribution in [0.3, 0.4) is 0 Å². The van der Waals surface area contributed by atoms with Gasteiger partial charge in [-0.1, -0.05) is 12.1 Å². The van der Waals surface area contributed by atoms with Crippen molar-refractivity contribution in [3.63, 3.8) is 0 Å². The molecule has 1 heterocycles. The summed E-state index contributed by atoms with van der Waals surface area (Å²) >= 11 is 0. The van der Waals surface area contributed by atoms with Gasteiger partial charge in [0.25, 0.3) is 5.91 Å². The van der Waals surface area contributed by atoms with Crippen LogP contribution >= 0.6 is 0 Å². The van der Waals surface area contributed by atoms with Crippen LogP contribution in [0.25, 0.3) is 0 Å². The zero-order valence-electron chi connectivity index (χ0n) is 13.5. The van der Waals surface area contributed by atoms with Crippen molar-refractivity contribution < 1.29 is 23.1 Å². The highest BCUT2D eigenvalue weighted by Gasteiger charge is 2.27. The molecule has 2 N–H and O–H groups in total. The SMILES string of the molecule is O=C(NC(CO)CCc1ccncc1)c1cccc(CC(F)(F)F)c1. The van der Waals surface area contributed by atoms with Crippen LogP contribution in [0.2, 0.25) is 0 Å². The number of aliphatic hydroxyl groups is 1. The molecule has 1 amide bonds. The van der Waals surface area contributed by atoms with Crippen molar-refractivity contribution in [2.45, 2.75) is 31.5 Å². The Balaban J connectivity index is 1.96. The molecule has 134 valence electrons. The number of hydrogen-bond donors (Lipinski definition) is 2. The molecule has 1 unspecified atom stereocenters. The van der Waals surface area contributed by atoms with Crippen molar-refractivity contribution >= 4 is 5.91 Å². The molecule has 2 aromatic rings. The highest BCUT2D eigenvalue weighted by atomic mass is 19.4. The first kappa shape index (κ1) is 18.9. The average Bonchev–Trinajstić information content (AvgIpc) is 2.58. The van der Waals surface area contributed by atoms with Gasteiger partial charge in [-0.2, -0.15) is 13.2 Å². The lowest BCUT2D eigenvalue weighted by Gasteiger charge is -2.17. The number of carbonyl (C=O) groups excluding carboxylic acids is 1. The summed E-state index contributed by atoms with van der Waals surface area (Å²) in [6, 6.07) is 8.63. The summed E-state index contributed by atoms with van der Waals surface area (Å²) in [5.74, 6) is -0.502. The van der Waals surface area contributed by atoms with Gasteiger partial charge in [-0.15, -0.1) is 0 Å². The Labute approximate surface area is 143 Å². The number of aromatic nitrogens is 1. The molecule has 0 aliphatic heterocycles.